The SMILES string of the molecule is C[C@H]1C[C@@H](C(=O)NCCc2ccccc2)N(C(=O)[C@@H](NC(=O)[C@H](C)N)C(C)(C)C)C1. The van der Waals surface area contributed by atoms with Gasteiger partial charge >= 0.3 is 0 Å². The molecule has 4 atom stereocenters. The summed E-state index contributed by atoms with van der Waals surface area (Å²) in [6.45, 7) is 10.3. The van der Waals surface area contributed by atoms with Gasteiger partial charge in [0.05, 0.1) is 6.04 Å². The predicted octanol–water partition coefficient (Wildman–Crippen LogP) is 1.46. The van der Waals surface area contributed by atoms with Crippen LogP contribution in [-0.2, 0) is 20.8 Å². The van der Waals surface area contributed by atoms with Crippen LogP contribution in [-0.4, -0.2) is 53.8 Å². The number of hydrogen-bond acceptors (Lipinski definition) is 4. The average Bonchev–Trinajstić information content (AvgIpc) is 3.07. The van der Waals surface area contributed by atoms with E-state index in [0.29, 0.717) is 19.5 Å². The number of carbonyl (C=O) groups is 3. The molecule has 7 nitrogen and oxygen atoms in total. The third-order valence-electron chi connectivity index (χ3n) is 5.46. The zero-order valence-electron chi connectivity index (χ0n) is 18.8. The van der Waals surface area contributed by atoms with Gasteiger partial charge in [0.2, 0.25) is 17.7 Å². The fraction of sp³-hybridized carbons (Fsp3) is 0.609. The van der Waals surface area contributed by atoms with Gasteiger partial charge in [0.1, 0.15) is 12.1 Å². The van der Waals surface area contributed by atoms with Crippen molar-refractivity contribution in [1.82, 2.24) is 15.5 Å². The minimum absolute atomic E-state index is 0.144. The molecule has 1 aromatic rings. The fourth-order valence-corrected chi connectivity index (χ4v) is 3.72. The van der Waals surface area contributed by atoms with Crippen LogP contribution in [0.25, 0.3) is 0 Å². The van der Waals surface area contributed by atoms with Crippen molar-refractivity contribution in [3.05, 3.63) is 35.9 Å². The average molecular weight is 417 g/mol. The van der Waals surface area contributed by atoms with Crippen LogP contribution in [0.4, 0.5) is 0 Å². The molecule has 3 amide bonds. The van der Waals surface area contributed by atoms with Crippen molar-refractivity contribution in [2.45, 2.75) is 65.6 Å². The summed E-state index contributed by atoms with van der Waals surface area (Å²) in [5.41, 5.74) is 6.32. The van der Waals surface area contributed by atoms with E-state index in [4.69, 9.17) is 5.73 Å². The zero-order valence-corrected chi connectivity index (χ0v) is 18.8. The van der Waals surface area contributed by atoms with Crippen LogP contribution in [0.2, 0.25) is 0 Å². The molecule has 1 fully saturated rings. The van der Waals surface area contributed by atoms with Gasteiger partial charge in [-0.3, -0.25) is 14.4 Å². The normalized spacial score (nSPS) is 21.1. The highest BCUT2D eigenvalue weighted by atomic mass is 16.2. The van der Waals surface area contributed by atoms with E-state index in [1.807, 2.05) is 58.0 Å². The standard InChI is InChI=1S/C23H36N4O3/c1-15-13-18(21(29)25-12-11-17-9-7-6-8-10-17)27(14-15)22(30)19(23(3,4)5)26-20(28)16(2)24/h6-10,15-16,18-19H,11-14,24H2,1-5H3,(H,25,29)(H,26,28)/t15-,16-,18-,19+/m0/s1. The van der Waals surface area contributed by atoms with Gasteiger partial charge in [0.15, 0.2) is 0 Å². The van der Waals surface area contributed by atoms with E-state index in [2.05, 4.69) is 10.6 Å². The van der Waals surface area contributed by atoms with Gasteiger partial charge in [0.25, 0.3) is 0 Å². The molecule has 30 heavy (non-hydrogen) atoms. The van der Waals surface area contributed by atoms with Gasteiger partial charge in [-0.15, -0.1) is 0 Å². The lowest BCUT2D eigenvalue weighted by Gasteiger charge is -2.35. The van der Waals surface area contributed by atoms with Gasteiger partial charge in [-0.1, -0.05) is 58.0 Å². The van der Waals surface area contributed by atoms with Crippen LogP contribution >= 0.6 is 0 Å². The van der Waals surface area contributed by atoms with E-state index in [1.54, 1.807) is 11.8 Å². The lowest BCUT2D eigenvalue weighted by molar-refractivity contribution is -0.144. The minimum atomic E-state index is -0.749. The second kappa shape index (κ2) is 10.1. The highest BCUT2D eigenvalue weighted by Gasteiger charge is 2.43. The van der Waals surface area contributed by atoms with Crippen LogP contribution < -0.4 is 16.4 Å². The van der Waals surface area contributed by atoms with E-state index in [-0.39, 0.29) is 23.6 Å². The van der Waals surface area contributed by atoms with Gasteiger partial charge < -0.3 is 21.3 Å². The first-order valence-corrected chi connectivity index (χ1v) is 10.7. The summed E-state index contributed by atoms with van der Waals surface area (Å²) in [6, 6.07) is 7.96. The Balaban J connectivity index is 2.07. The fourth-order valence-electron chi connectivity index (χ4n) is 3.72. The molecule has 0 aliphatic carbocycles. The first kappa shape index (κ1) is 23.9. The number of nitrogens with two attached hydrogens (primary N) is 1. The Morgan fingerprint density at radius 1 is 1.20 bits per heavy atom. The monoisotopic (exact) mass is 416 g/mol. The summed E-state index contributed by atoms with van der Waals surface area (Å²) >= 11 is 0. The Hall–Kier alpha value is -2.41. The highest BCUT2D eigenvalue weighted by molar-refractivity contribution is 5.93. The minimum Gasteiger partial charge on any atom is -0.354 e. The van der Waals surface area contributed by atoms with Crippen LogP contribution in [0.3, 0.4) is 0 Å². The number of rotatable bonds is 7. The molecule has 0 unspecified atom stereocenters. The number of hydrogen-bond donors (Lipinski definition) is 3. The number of nitrogens with zero attached hydrogens (tertiary/aromatic N) is 1. The summed E-state index contributed by atoms with van der Waals surface area (Å²) in [5, 5.41) is 5.76. The van der Waals surface area contributed by atoms with Crippen molar-refractivity contribution in [1.29, 1.82) is 0 Å². The van der Waals surface area contributed by atoms with Crippen molar-refractivity contribution in [2.24, 2.45) is 17.1 Å². The second-order valence-electron chi connectivity index (χ2n) is 9.47. The van der Waals surface area contributed by atoms with Crippen molar-refractivity contribution < 1.29 is 14.4 Å². The van der Waals surface area contributed by atoms with Crippen LogP contribution in [0.5, 0.6) is 0 Å². The lowest BCUT2D eigenvalue weighted by Crippen LogP contribution is -2.59. The molecule has 4 N–H and O–H groups in total. The quantitative estimate of drug-likeness (QED) is 0.626. The molecular weight excluding hydrogens is 380 g/mol. The van der Waals surface area contributed by atoms with Crippen LogP contribution in [0, 0.1) is 11.3 Å². The Kier molecular flexibility index (Phi) is 8.01. The summed E-state index contributed by atoms with van der Waals surface area (Å²) < 4.78 is 0. The zero-order chi connectivity index (χ0) is 22.5. The van der Waals surface area contributed by atoms with E-state index >= 15 is 0 Å². The third kappa shape index (κ3) is 6.29. The molecular formula is C23H36N4O3. The van der Waals surface area contributed by atoms with Gasteiger partial charge in [0, 0.05) is 13.1 Å². The summed E-state index contributed by atoms with van der Waals surface area (Å²) in [4.78, 5) is 40.1. The molecule has 1 aliphatic rings. The number of nitrogens with one attached hydrogen (secondary N) is 2. The molecule has 2 rings (SSSR count). The van der Waals surface area contributed by atoms with Crippen molar-refractivity contribution in [3.63, 3.8) is 0 Å². The smallest absolute Gasteiger partial charge is 0.246 e. The molecule has 1 aliphatic heterocycles. The molecule has 1 heterocycles. The Bertz CT molecular complexity index is 743. The molecule has 0 bridgehead atoms. The maximum Gasteiger partial charge on any atom is 0.246 e. The third-order valence-corrected chi connectivity index (χ3v) is 5.46. The Morgan fingerprint density at radius 2 is 1.83 bits per heavy atom. The van der Waals surface area contributed by atoms with Gasteiger partial charge in [-0.25, -0.2) is 0 Å². The summed E-state index contributed by atoms with van der Waals surface area (Å²) in [5.74, 6) is -0.540. The van der Waals surface area contributed by atoms with Crippen molar-refractivity contribution >= 4 is 17.7 Å². The Morgan fingerprint density at radius 3 is 2.40 bits per heavy atom. The van der Waals surface area contributed by atoms with Gasteiger partial charge in [-0.2, -0.15) is 0 Å². The number of benzene rings is 1. The maximum atomic E-state index is 13.4. The van der Waals surface area contributed by atoms with E-state index < -0.39 is 23.5 Å². The molecule has 0 aromatic heterocycles. The molecule has 0 radical (unpaired) electrons. The number of amides is 3. The maximum absolute atomic E-state index is 13.4. The van der Waals surface area contributed by atoms with E-state index in [0.717, 1.165) is 12.0 Å². The first-order chi connectivity index (χ1) is 14.0. The molecule has 166 valence electrons. The molecule has 7 heteroatoms. The summed E-state index contributed by atoms with van der Waals surface area (Å²) in [7, 11) is 0. The second-order valence-corrected chi connectivity index (χ2v) is 9.47. The largest absolute Gasteiger partial charge is 0.354 e. The number of carbonyl (C=O) groups excluding carboxylic acids is 3. The lowest BCUT2D eigenvalue weighted by atomic mass is 9.85. The summed E-state index contributed by atoms with van der Waals surface area (Å²) in [6.07, 6.45) is 1.35. The highest BCUT2D eigenvalue weighted by Crippen LogP contribution is 2.28. The molecule has 1 saturated heterocycles. The topological polar surface area (TPSA) is 105 Å². The van der Waals surface area contributed by atoms with E-state index in [9.17, 15) is 14.4 Å². The first-order valence-electron chi connectivity index (χ1n) is 10.7. The number of likely N-dealkylation sites (tertiary alicyclic amines) is 1. The molecule has 0 saturated carbocycles. The van der Waals surface area contributed by atoms with E-state index in [1.165, 1.54) is 0 Å². The van der Waals surface area contributed by atoms with Crippen molar-refractivity contribution in [3.8, 4) is 0 Å². The van der Waals surface area contributed by atoms with Gasteiger partial charge in [-0.05, 0) is 36.7 Å². The Labute approximate surface area is 179 Å². The van der Waals surface area contributed by atoms with Crippen molar-refractivity contribution in [2.75, 3.05) is 13.1 Å². The molecule has 0 spiro atoms. The molecule has 1 aromatic carbocycles. The van der Waals surface area contributed by atoms with Crippen LogP contribution in [0.15, 0.2) is 30.3 Å². The predicted molar refractivity (Wildman–Crippen MR) is 117 cm³/mol. The van der Waals surface area contributed by atoms with Crippen LogP contribution in [0.1, 0.15) is 46.6 Å².